The van der Waals surface area contributed by atoms with Crippen LogP contribution in [0.2, 0.25) is 10.0 Å². The topological polar surface area (TPSA) is 86.8 Å². The first-order chi connectivity index (χ1) is 21.5. The van der Waals surface area contributed by atoms with Gasteiger partial charge >= 0.3 is 0 Å². The van der Waals surface area contributed by atoms with Crippen LogP contribution in [0.15, 0.2) is 108 Å². The van der Waals surface area contributed by atoms with Gasteiger partial charge in [-0.05, 0) is 61.7 Å². The van der Waals surface area contributed by atoms with Gasteiger partial charge in [0.2, 0.25) is 11.8 Å². The molecule has 0 spiro atoms. The molecule has 2 atom stereocenters. The SMILES string of the molecule is CC[C@@H](C)NC(=O)[C@@H](Cc1ccccc1)N(Cc1ccc(C)cc1)C(=O)CN(c1cc(Cl)cc(Cl)c1)S(=O)(=O)c1ccccc1. The number of amides is 2. The van der Waals surface area contributed by atoms with Crippen molar-refractivity contribution in [2.75, 3.05) is 10.8 Å². The summed E-state index contributed by atoms with van der Waals surface area (Å²) in [5.41, 5.74) is 2.83. The lowest BCUT2D eigenvalue weighted by molar-refractivity contribution is -0.140. The molecule has 0 fully saturated rings. The van der Waals surface area contributed by atoms with E-state index < -0.39 is 28.5 Å². The van der Waals surface area contributed by atoms with E-state index in [0.29, 0.717) is 6.42 Å². The smallest absolute Gasteiger partial charge is 0.264 e. The van der Waals surface area contributed by atoms with Crippen molar-refractivity contribution < 1.29 is 18.0 Å². The molecule has 0 saturated carbocycles. The van der Waals surface area contributed by atoms with Crippen LogP contribution in [0.1, 0.15) is 37.0 Å². The molecule has 0 radical (unpaired) electrons. The standard InChI is InChI=1S/C35H37Cl2N3O4S/c1-4-26(3)38-35(42)33(19-27-11-7-5-8-12-27)39(23-28-17-15-25(2)16-18-28)34(41)24-40(31-21-29(36)20-30(37)22-31)45(43,44)32-13-9-6-10-14-32/h5-18,20-22,26,33H,4,19,23-24H2,1-3H3,(H,38,42)/t26-,33-/m1/s1. The molecule has 236 valence electrons. The molecule has 4 rings (SSSR count). The number of halogens is 2. The second-order valence-corrected chi connectivity index (χ2v) is 13.7. The number of hydrogen-bond acceptors (Lipinski definition) is 4. The molecule has 0 unspecified atom stereocenters. The average molecular weight is 667 g/mol. The first kappa shape index (κ1) is 34.0. The highest BCUT2D eigenvalue weighted by Gasteiger charge is 2.35. The predicted molar refractivity (Wildman–Crippen MR) is 181 cm³/mol. The van der Waals surface area contributed by atoms with Crippen molar-refractivity contribution in [3.63, 3.8) is 0 Å². The van der Waals surface area contributed by atoms with Gasteiger partial charge in [0.05, 0.1) is 10.6 Å². The fourth-order valence-corrected chi connectivity index (χ4v) is 6.75. The van der Waals surface area contributed by atoms with Crippen molar-refractivity contribution in [1.82, 2.24) is 10.2 Å². The van der Waals surface area contributed by atoms with Gasteiger partial charge in [0.1, 0.15) is 12.6 Å². The van der Waals surface area contributed by atoms with Gasteiger partial charge in [-0.3, -0.25) is 13.9 Å². The van der Waals surface area contributed by atoms with Crippen molar-refractivity contribution in [2.45, 2.75) is 57.1 Å². The highest BCUT2D eigenvalue weighted by atomic mass is 35.5. The Hall–Kier alpha value is -3.85. The van der Waals surface area contributed by atoms with Crippen molar-refractivity contribution in [1.29, 1.82) is 0 Å². The zero-order valence-corrected chi connectivity index (χ0v) is 27.8. The maximum absolute atomic E-state index is 14.5. The monoisotopic (exact) mass is 665 g/mol. The van der Waals surface area contributed by atoms with E-state index in [-0.39, 0.29) is 45.5 Å². The number of nitrogens with one attached hydrogen (secondary N) is 1. The maximum atomic E-state index is 14.5. The van der Waals surface area contributed by atoms with E-state index in [2.05, 4.69) is 5.32 Å². The average Bonchev–Trinajstić information content (AvgIpc) is 3.02. The Kier molecular flexibility index (Phi) is 11.7. The molecule has 4 aromatic rings. The van der Waals surface area contributed by atoms with E-state index in [1.807, 2.05) is 75.4 Å². The molecule has 45 heavy (non-hydrogen) atoms. The largest absolute Gasteiger partial charge is 0.352 e. The summed E-state index contributed by atoms with van der Waals surface area (Å²) in [6.07, 6.45) is 0.934. The van der Waals surface area contributed by atoms with Crippen LogP contribution in [0.3, 0.4) is 0 Å². The lowest BCUT2D eigenvalue weighted by Gasteiger charge is -2.34. The van der Waals surface area contributed by atoms with Crippen LogP contribution >= 0.6 is 23.2 Å². The third-order valence-electron chi connectivity index (χ3n) is 7.49. The summed E-state index contributed by atoms with van der Waals surface area (Å²) < 4.78 is 29.2. The van der Waals surface area contributed by atoms with Crippen molar-refractivity contribution in [2.24, 2.45) is 0 Å². The molecule has 4 aromatic carbocycles. The molecule has 0 bridgehead atoms. The number of carbonyl (C=O) groups excluding carboxylic acids is 2. The summed E-state index contributed by atoms with van der Waals surface area (Å²) in [7, 11) is -4.25. The minimum atomic E-state index is -4.25. The zero-order valence-electron chi connectivity index (χ0n) is 25.5. The molecule has 7 nitrogen and oxygen atoms in total. The van der Waals surface area contributed by atoms with Gasteiger partial charge < -0.3 is 10.2 Å². The molecule has 10 heteroatoms. The zero-order chi connectivity index (χ0) is 32.6. The lowest BCUT2D eigenvalue weighted by atomic mass is 10.0. The van der Waals surface area contributed by atoms with Gasteiger partial charge in [-0.15, -0.1) is 0 Å². The van der Waals surface area contributed by atoms with E-state index in [1.165, 1.54) is 35.2 Å². The third-order valence-corrected chi connectivity index (χ3v) is 9.72. The van der Waals surface area contributed by atoms with Gasteiger partial charge in [0, 0.05) is 29.1 Å². The summed E-state index contributed by atoms with van der Waals surface area (Å²) in [6, 6.07) is 28.3. The summed E-state index contributed by atoms with van der Waals surface area (Å²) >= 11 is 12.6. The molecule has 0 aliphatic carbocycles. The number of nitrogens with zero attached hydrogens (tertiary/aromatic N) is 2. The molecule has 2 amide bonds. The van der Waals surface area contributed by atoms with Crippen LogP contribution < -0.4 is 9.62 Å². The number of carbonyl (C=O) groups is 2. The van der Waals surface area contributed by atoms with Crippen molar-refractivity contribution in [3.05, 3.63) is 130 Å². The third kappa shape index (κ3) is 9.10. The minimum absolute atomic E-state index is 0.00525. The van der Waals surface area contributed by atoms with E-state index in [0.717, 1.165) is 21.0 Å². The fraction of sp³-hybridized carbons (Fsp3) is 0.257. The highest BCUT2D eigenvalue weighted by Crippen LogP contribution is 2.30. The molecule has 0 aliphatic rings. The first-order valence-electron chi connectivity index (χ1n) is 14.7. The number of anilines is 1. The van der Waals surface area contributed by atoms with Crippen molar-refractivity contribution >= 4 is 50.7 Å². The van der Waals surface area contributed by atoms with Gasteiger partial charge in [0.25, 0.3) is 10.0 Å². The number of rotatable bonds is 13. The van der Waals surface area contributed by atoms with Crippen LogP contribution in [0, 0.1) is 6.92 Å². The van der Waals surface area contributed by atoms with E-state index in [9.17, 15) is 18.0 Å². The Morgan fingerprint density at radius 1 is 0.822 bits per heavy atom. The maximum Gasteiger partial charge on any atom is 0.264 e. The molecule has 0 saturated heterocycles. The van der Waals surface area contributed by atoms with Crippen LogP contribution in [-0.4, -0.2) is 43.8 Å². The second-order valence-electron chi connectivity index (χ2n) is 11.0. The van der Waals surface area contributed by atoms with E-state index >= 15 is 0 Å². The highest BCUT2D eigenvalue weighted by molar-refractivity contribution is 7.92. The van der Waals surface area contributed by atoms with Gasteiger partial charge in [-0.25, -0.2) is 8.42 Å². The molecule has 0 aromatic heterocycles. The molecular formula is C35H37Cl2N3O4S. The lowest BCUT2D eigenvalue weighted by Crippen LogP contribution is -2.54. The first-order valence-corrected chi connectivity index (χ1v) is 16.9. The molecule has 0 heterocycles. The summed E-state index contributed by atoms with van der Waals surface area (Å²) in [4.78, 5) is 29.9. The Labute approximate surface area is 275 Å². The second kappa shape index (κ2) is 15.4. The normalized spacial score (nSPS) is 12.6. The number of benzene rings is 4. The number of hydrogen-bond donors (Lipinski definition) is 1. The minimum Gasteiger partial charge on any atom is -0.352 e. The molecular weight excluding hydrogens is 629 g/mol. The van der Waals surface area contributed by atoms with Crippen LogP contribution in [0.25, 0.3) is 0 Å². The van der Waals surface area contributed by atoms with E-state index in [1.54, 1.807) is 18.2 Å². The number of aryl methyl sites for hydroxylation is 1. The molecule has 0 aliphatic heterocycles. The van der Waals surface area contributed by atoms with Gasteiger partial charge in [-0.1, -0.05) is 108 Å². The summed E-state index contributed by atoms with van der Waals surface area (Å²) in [5.74, 6) is -0.886. The fourth-order valence-electron chi connectivity index (χ4n) is 4.82. The van der Waals surface area contributed by atoms with Crippen molar-refractivity contribution in [3.8, 4) is 0 Å². The Balaban J connectivity index is 1.82. The predicted octanol–water partition coefficient (Wildman–Crippen LogP) is 7.05. The van der Waals surface area contributed by atoms with Crippen LogP contribution in [0.5, 0.6) is 0 Å². The Morgan fingerprint density at radius 3 is 1.98 bits per heavy atom. The van der Waals surface area contributed by atoms with Crippen LogP contribution in [0.4, 0.5) is 5.69 Å². The summed E-state index contributed by atoms with van der Waals surface area (Å²) in [6.45, 7) is 5.32. The Bertz CT molecular complexity index is 1680. The summed E-state index contributed by atoms with van der Waals surface area (Å²) in [5, 5.41) is 3.46. The van der Waals surface area contributed by atoms with Crippen LogP contribution in [-0.2, 0) is 32.6 Å². The van der Waals surface area contributed by atoms with Gasteiger partial charge in [0.15, 0.2) is 0 Å². The Morgan fingerprint density at radius 2 is 1.40 bits per heavy atom. The van der Waals surface area contributed by atoms with E-state index in [4.69, 9.17) is 23.2 Å². The molecule has 1 N–H and O–H groups in total. The number of sulfonamides is 1. The quantitative estimate of drug-likeness (QED) is 0.166. The van der Waals surface area contributed by atoms with Gasteiger partial charge in [-0.2, -0.15) is 0 Å².